The van der Waals surface area contributed by atoms with Crippen LogP contribution < -0.4 is 21.3 Å². The summed E-state index contributed by atoms with van der Waals surface area (Å²) in [6.07, 6.45) is -0.456. The number of nitrogens with one attached hydrogen (secondary N) is 4. The van der Waals surface area contributed by atoms with E-state index in [-0.39, 0.29) is 30.3 Å². The quantitative estimate of drug-likeness (QED) is 0.116. The molecule has 15 nitrogen and oxygen atoms in total. The van der Waals surface area contributed by atoms with Crippen LogP contribution in [0.4, 0.5) is 31.0 Å². The molecular weight excluding hydrogens is 800 g/mol. The van der Waals surface area contributed by atoms with Crippen LogP contribution in [0.2, 0.25) is 0 Å². The molecule has 4 aromatic rings. The molecule has 0 spiro atoms. The van der Waals surface area contributed by atoms with Gasteiger partial charge in [-0.15, -0.1) is 0 Å². The van der Waals surface area contributed by atoms with Gasteiger partial charge in [0.1, 0.15) is 36.2 Å². The average molecular weight is 851 g/mol. The Morgan fingerprint density at radius 2 is 1.50 bits per heavy atom. The maximum atomic E-state index is 15.4. The molecule has 0 bridgehead atoms. The van der Waals surface area contributed by atoms with Gasteiger partial charge in [-0.25, -0.2) is 14.0 Å². The molecule has 2 aliphatic heterocycles. The Bertz CT molecular complexity index is 2280. The number of anilines is 3. The van der Waals surface area contributed by atoms with Crippen LogP contribution in [0.15, 0.2) is 97.1 Å². The van der Waals surface area contributed by atoms with Gasteiger partial charge in [-0.1, -0.05) is 54.6 Å². The van der Waals surface area contributed by atoms with Crippen molar-refractivity contribution in [2.75, 3.05) is 36.2 Å². The highest BCUT2D eigenvalue weighted by Gasteiger charge is 2.44. The summed E-state index contributed by atoms with van der Waals surface area (Å²) in [4.78, 5) is 83.6. The number of ether oxygens (including phenoxy) is 3. The van der Waals surface area contributed by atoms with Crippen molar-refractivity contribution in [3.8, 4) is 0 Å². The van der Waals surface area contributed by atoms with Crippen molar-refractivity contribution in [2.45, 2.75) is 77.4 Å². The van der Waals surface area contributed by atoms with Crippen molar-refractivity contribution in [2.24, 2.45) is 5.92 Å². The monoisotopic (exact) mass is 850 g/mol. The molecule has 6 amide bonds. The van der Waals surface area contributed by atoms with Gasteiger partial charge in [-0.3, -0.25) is 29.4 Å². The minimum Gasteiger partial charge on any atom is -0.444 e. The highest BCUT2D eigenvalue weighted by atomic mass is 19.1. The number of fused-ring (bicyclic) bond motifs is 1. The molecule has 2 heterocycles. The number of hydrogen-bond donors (Lipinski definition) is 4. The van der Waals surface area contributed by atoms with Gasteiger partial charge in [-0.2, -0.15) is 0 Å². The zero-order valence-corrected chi connectivity index (χ0v) is 35.2. The first-order valence-corrected chi connectivity index (χ1v) is 20.3. The summed E-state index contributed by atoms with van der Waals surface area (Å²) in [5, 5.41) is 10.8. The second kappa shape index (κ2) is 19.7. The van der Waals surface area contributed by atoms with Crippen LogP contribution in [0.5, 0.6) is 0 Å². The fourth-order valence-electron chi connectivity index (χ4n) is 7.11. The van der Waals surface area contributed by atoms with Crippen LogP contribution >= 0.6 is 0 Å². The van der Waals surface area contributed by atoms with Crippen LogP contribution in [-0.4, -0.2) is 83.6 Å². The van der Waals surface area contributed by atoms with Crippen LogP contribution in [-0.2, 0) is 41.7 Å². The molecule has 0 saturated carbocycles. The molecular formula is C46H51FN6O9. The van der Waals surface area contributed by atoms with Gasteiger partial charge in [-0.05, 0) is 106 Å². The smallest absolute Gasteiger partial charge is 0.411 e. The normalized spacial score (nSPS) is 15.9. The number of carbonyl (C=O) groups is 6. The number of benzene rings is 4. The largest absolute Gasteiger partial charge is 0.444 e. The van der Waals surface area contributed by atoms with Gasteiger partial charge in [0.05, 0.1) is 5.69 Å². The Labute approximate surface area is 359 Å². The van der Waals surface area contributed by atoms with E-state index in [2.05, 4.69) is 21.3 Å². The lowest BCUT2D eigenvalue weighted by molar-refractivity contribution is -0.144. The number of carbonyl (C=O) groups excluding carboxylic acids is 6. The van der Waals surface area contributed by atoms with Crippen molar-refractivity contribution in [3.05, 3.63) is 125 Å². The van der Waals surface area contributed by atoms with E-state index in [0.717, 1.165) is 16.5 Å². The molecule has 16 heteroatoms. The zero-order chi connectivity index (χ0) is 44.6. The number of amides is 6. The Morgan fingerprint density at radius 3 is 2.18 bits per heavy atom. The summed E-state index contributed by atoms with van der Waals surface area (Å²) >= 11 is 0. The van der Waals surface area contributed by atoms with E-state index in [1.165, 1.54) is 31.0 Å². The fourth-order valence-corrected chi connectivity index (χ4v) is 7.11. The predicted molar refractivity (Wildman–Crippen MR) is 228 cm³/mol. The Balaban J connectivity index is 1.15. The Kier molecular flexibility index (Phi) is 14.2. The van der Waals surface area contributed by atoms with Crippen molar-refractivity contribution in [1.82, 2.24) is 15.1 Å². The van der Waals surface area contributed by atoms with Crippen LogP contribution in [0.1, 0.15) is 73.6 Å². The van der Waals surface area contributed by atoms with E-state index < -0.39 is 65.4 Å². The molecule has 1 saturated heterocycles. The van der Waals surface area contributed by atoms with Gasteiger partial charge in [0, 0.05) is 43.7 Å². The number of likely N-dealkylation sites (N-methyl/N-ethyl adjacent to an activating group) is 1. The van der Waals surface area contributed by atoms with Crippen LogP contribution in [0.25, 0.3) is 0 Å². The van der Waals surface area contributed by atoms with Gasteiger partial charge in [0.15, 0.2) is 0 Å². The van der Waals surface area contributed by atoms with Crippen LogP contribution in [0.3, 0.4) is 0 Å². The van der Waals surface area contributed by atoms with Crippen molar-refractivity contribution in [3.63, 3.8) is 0 Å². The number of hydrogen-bond acceptors (Lipinski definition) is 9. The molecule has 1 fully saturated rings. The van der Waals surface area contributed by atoms with E-state index in [4.69, 9.17) is 14.2 Å². The Hall–Kier alpha value is -6.81. The first-order chi connectivity index (χ1) is 29.6. The predicted octanol–water partition coefficient (Wildman–Crippen LogP) is 7.02. The molecule has 0 radical (unpaired) electrons. The summed E-state index contributed by atoms with van der Waals surface area (Å²) in [6.45, 7) is 7.51. The number of halogens is 1. The topological polar surface area (TPSA) is 185 Å². The summed E-state index contributed by atoms with van der Waals surface area (Å²) in [6, 6.07) is 22.7. The van der Waals surface area contributed by atoms with E-state index >= 15 is 4.39 Å². The molecule has 4 aromatic carbocycles. The standard InChI is InChI=1S/C46H51FN6O9/c1-28(52(5)45(59)62-46(2,3)4)40(54)51-38(30-21-23-60-24-22-30)43(57)53-26-32-13-9-10-14-35(32)39(53)42(56)50-37-25-31(15-20-36(37)47)41(55)48-33-16-18-34(19-17-33)49-44(58)61-27-29-11-7-6-8-12-29/h6-20,25,28,30,38-39H,21-24,26-27H2,1-5H3,(H,48,55)(H,49,58)(H,50,56)(H,51,54)/t28-,38-,39-/m0/s1. The second-order valence-electron chi connectivity index (χ2n) is 16.2. The lowest BCUT2D eigenvalue weighted by atomic mass is 9.90. The van der Waals surface area contributed by atoms with Crippen molar-refractivity contribution in [1.29, 1.82) is 0 Å². The molecule has 0 unspecified atom stereocenters. The molecule has 2 aliphatic rings. The summed E-state index contributed by atoms with van der Waals surface area (Å²) in [5.74, 6) is -3.64. The zero-order valence-electron chi connectivity index (χ0n) is 35.2. The van der Waals surface area contributed by atoms with Gasteiger partial charge >= 0.3 is 12.2 Å². The molecule has 4 N–H and O–H groups in total. The van der Waals surface area contributed by atoms with E-state index in [0.29, 0.717) is 48.6 Å². The maximum Gasteiger partial charge on any atom is 0.411 e. The molecule has 326 valence electrons. The van der Waals surface area contributed by atoms with Crippen LogP contribution in [0, 0.1) is 11.7 Å². The number of nitrogens with zero attached hydrogens (tertiary/aromatic N) is 2. The highest BCUT2D eigenvalue weighted by Crippen LogP contribution is 2.37. The van der Waals surface area contributed by atoms with E-state index in [1.807, 2.05) is 30.3 Å². The van der Waals surface area contributed by atoms with Gasteiger partial charge in [0.25, 0.3) is 11.8 Å². The van der Waals surface area contributed by atoms with Crippen molar-refractivity contribution >= 4 is 52.9 Å². The van der Waals surface area contributed by atoms with Gasteiger partial charge in [0.2, 0.25) is 11.8 Å². The summed E-state index contributed by atoms with van der Waals surface area (Å²) in [5.41, 5.74) is 1.79. The maximum absolute atomic E-state index is 15.4. The third-order valence-electron chi connectivity index (χ3n) is 10.6. The molecule has 3 atom stereocenters. The summed E-state index contributed by atoms with van der Waals surface area (Å²) < 4.78 is 31.6. The molecule has 0 aromatic heterocycles. The third kappa shape index (κ3) is 11.3. The summed E-state index contributed by atoms with van der Waals surface area (Å²) in [7, 11) is 1.43. The number of rotatable bonds is 12. The average Bonchev–Trinajstić information content (AvgIpc) is 3.65. The first kappa shape index (κ1) is 44.7. The Morgan fingerprint density at radius 1 is 0.855 bits per heavy atom. The minimum atomic E-state index is -1.22. The van der Waals surface area contributed by atoms with Crippen molar-refractivity contribution < 1.29 is 47.4 Å². The molecule has 62 heavy (non-hydrogen) atoms. The SMILES string of the molecule is C[C@@H](C(=O)N[C@H](C(=O)N1Cc2ccccc2[C@H]1C(=O)Nc1cc(C(=O)Nc2ccc(NC(=O)OCc3ccccc3)cc2)ccc1F)C1CCOCC1)N(C)C(=O)OC(C)(C)C. The highest BCUT2D eigenvalue weighted by molar-refractivity contribution is 6.06. The first-order valence-electron chi connectivity index (χ1n) is 20.3. The van der Waals surface area contributed by atoms with Gasteiger partial charge < -0.3 is 35.1 Å². The fraction of sp³-hybridized carbons (Fsp3) is 0.348. The molecule has 0 aliphatic carbocycles. The lowest BCUT2D eigenvalue weighted by Gasteiger charge is -2.36. The lowest BCUT2D eigenvalue weighted by Crippen LogP contribution is -2.57. The minimum absolute atomic E-state index is 0.0286. The third-order valence-corrected chi connectivity index (χ3v) is 10.6. The second-order valence-corrected chi connectivity index (χ2v) is 16.2. The van der Waals surface area contributed by atoms with E-state index in [1.54, 1.807) is 69.3 Å². The molecule has 6 rings (SSSR count). The van der Waals surface area contributed by atoms with E-state index in [9.17, 15) is 28.8 Å².